The fourth-order valence-corrected chi connectivity index (χ4v) is 10.6. The lowest BCUT2D eigenvalue weighted by atomic mass is 9.43. The maximum Gasteiger partial charge on any atom is 0.153 e. The number of allylic oxidation sites excluding steroid dienone is 4. The molecule has 2 fully saturated rings. The van der Waals surface area contributed by atoms with Crippen LogP contribution in [0.4, 0.5) is 23.0 Å². The largest absolute Gasteiger partial charge is 0.393 e. The molecule has 7 heteroatoms. The van der Waals surface area contributed by atoms with E-state index in [1.807, 2.05) is 41.5 Å². The first kappa shape index (κ1) is 38.1. The summed E-state index contributed by atoms with van der Waals surface area (Å²) in [6.07, 6.45) is 15.2. The van der Waals surface area contributed by atoms with Crippen molar-refractivity contribution in [2.45, 2.75) is 126 Å². The average molecular weight is 676 g/mol. The molecular formula is C41H62ClN5O. The summed E-state index contributed by atoms with van der Waals surface area (Å²) >= 11 is 0. The molecule has 2 saturated carbocycles. The van der Waals surface area contributed by atoms with Crippen molar-refractivity contribution in [2.24, 2.45) is 49.6 Å². The molecule has 0 radical (unpaired) electrons. The zero-order valence-corrected chi connectivity index (χ0v) is 31.7. The third-order valence-corrected chi connectivity index (χ3v) is 13.6. The molecule has 5 N–H and O–H groups in total. The number of aliphatic hydroxyl groups excluding tert-OH is 1. The molecule has 0 aliphatic heterocycles. The highest BCUT2D eigenvalue weighted by Crippen LogP contribution is 2.72. The van der Waals surface area contributed by atoms with E-state index < -0.39 is 0 Å². The van der Waals surface area contributed by atoms with E-state index in [-0.39, 0.29) is 29.7 Å². The average Bonchev–Trinajstić information content (AvgIpc) is 3.30. The Labute approximate surface area is 296 Å². The summed E-state index contributed by atoms with van der Waals surface area (Å²) in [6.45, 7) is 19.6. The van der Waals surface area contributed by atoms with E-state index in [4.69, 9.17) is 11.5 Å². The Morgan fingerprint density at radius 3 is 2.29 bits per heavy atom. The second kappa shape index (κ2) is 14.6. The Kier molecular flexibility index (Phi) is 11.6. The summed E-state index contributed by atoms with van der Waals surface area (Å²) in [7, 11) is 0. The number of hydrogen-bond acceptors (Lipinski definition) is 6. The van der Waals surface area contributed by atoms with Gasteiger partial charge in [0.15, 0.2) is 5.82 Å². The van der Waals surface area contributed by atoms with Crippen LogP contribution in [0.5, 0.6) is 0 Å². The number of nitrogens with zero attached hydrogens (tertiary/aromatic N) is 3. The molecule has 0 bridgehead atoms. The van der Waals surface area contributed by atoms with Crippen molar-refractivity contribution in [1.82, 2.24) is 4.98 Å². The molecule has 6 rings (SSSR count). The minimum Gasteiger partial charge on any atom is -0.393 e. The number of azo groups is 1. The number of nitrogen functional groups attached to an aromatic ring is 2. The summed E-state index contributed by atoms with van der Waals surface area (Å²) in [6, 6.07) is 12.7. The molecule has 1 heterocycles. The standard InChI is InChI=1S/C30H50O.C11H11N5.ClH/c1-20(2)10-9-11-21(3)22-14-18-30(8)24-12-13-25-27(4,5)26(31)16-17-28(25,6)23(24)15-19-29(22,30)7;12-10-7-6-9(11(13)14-10)16-15-8-4-2-1-3-5-8;/h10,21-22,25-26,31H,9,11-19H2,1-8H3;1-7H,(H4,12,13,14);1H. The van der Waals surface area contributed by atoms with Gasteiger partial charge >= 0.3 is 0 Å². The van der Waals surface area contributed by atoms with E-state index in [1.165, 1.54) is 63.4 Å². The topological polar surface area (TPSA) is 110 Å². The van der Waals surface area contributed by atoms with E-state index in [0.29, 0.717) is 33.7 Å². The Balaban J connectivity index is 0.000000258. The zero-order valence-electron chi connectivity index (χ0n) is 30.9. The monoisotopic (exact) mass is 675 g/mol. The zero-order chi connectivity index (χ0) is 34.2. The highest BCUT2D eigenvalue weighted by molar-refractivity contribution is 5.85. The van der Waals surface area contributed by atoms with Crippen molar-refractivity contribution in [3.8, 4) is 0 Å². The lowest BCUT2D eigenvalue weighted by molar-refractivity contribution is -0.0962. The highest BCUT2D eigenvalue weighted by Gasteiger charge is 2.63. The lowest BCUT2D eigenvalue weighted by Gasteiger charge is -2.62. The van der Waals surface area contributed by atoms with Crippen molar-refractivity contribution >= 4 is 35.4 Å². The number of fused-ring (bicyclic) bond motifs is 4. The summed E-state index contributed by atoms with van der Waals surface area (Å²) in [5.74, 6) is 2.97. The molecule has 0 spiro atoms. The maximum absolute atomic E-state index is 10.8. The first-order valence-corrected chi connectivity index (χ1v) is 18.2. The fraction of sp³-hybridized carbons (Fsp3) is 0.634. The van der Waals surface area contributed by atoms with Crippen LogP contribution in [0.1, 0.15) is 120 Å². The molecule has 48 heavy (non-hydrogen) atoms. The molecule has 264 valence electrons. The first-order chi connectivity index (χ1) is 22.1. The van der Waals surface area contributed by atoms with Gasteiger partial charge in [0.2, 0.25) is 0 Å². The molecule has 1 aromatic heterocycles. The summed E-state index contributed by atoms with van der Waals surface area (Å²) in [5.41, 5.74) is 18.8. The summed E-state index contributed by atoms with van der Waals surface area (Å²) in [5, 5.41) is 18.8. The number of anilines is 2. The number of aromatic nitrogens is 1. The van der Waals surface area contributed by atoms with Gasteiger partial charge in [-0.3, -0.25) is 0 Å². The number of aliphatic hydroxyl groups is 1. The van der Waals surface area contributed by atoms with Gasteiger partial charge in [0, 0.05) is 0 Å². The predicted molar refractivity (Wildman–Crippen MR) is 204 cm³/mol. The van der Waals surface area contributed by atoms with Crippen molar-refractivity contribution in [3.05, 3.63) is 65.3 Å². The van der Waals surface area contributed by atoms with Crippen LogP contribution < -0.4 is 11.5 Å². The molecule has 0 saturated heterocycles. The molecule has 2 aromatic rings. The number of hydrogen-bond donors (Lipinski definition) is 3. The van der Waals surface area contributed by atoms with Crippen LogP contribution in [-0.2, 0) is 0 Å². The van der Waals surface area contributed by atoms with Crippen LogP contribution in [0, 0.1) is 39.4 Å². The normalized spacial score (nSPS) is 32.6. The number of benzene rings is 1. The van der Waals surface area contributed by atoms with Gasteiger partial charge < -0.3 is 16.6 Å². The second-order valence-electron chi connectivity index (χ2n) is 16.7. The molecule has 4 aliphatic rings. The Bertz CT molecular complexity index is 1510. The van der Waals surface area contributed by atoms with Crippen molar-refractivity contribution < 1.29 is 5.11 Å². The van der Waals surface area contributed by atoms with Crippen LogP contribution in [0.3, 0.4) is 0 Å². The number of pyridine rings is 1. The number of halogens is 1. The van der Waals surface area contributed by atoms with Crippen LogP contribution >= 0.6 is 12.4 Å². The molecule has 4 aliphatic carbocycles. The Morgan fingerprint density at radius 2 is 1.62 bits per heavy atom. The summed E-state index contributed by atoms with van der Waals surface area (Å²) < 4.78 is 0. The Morgan fingerprint density at radius 1 is 0.917 bits per heavy atom. The van der Waals surface area contributed by atoms with Gasteiger partial charge in [0.25, 0.3) is 0 Å². The van der Waals surface area contributed by atoms with Gasteiger partial charge in [-0.05, 0) is 142 Å². The molecule has 7 atom stereocenters. The third kappa shape index (κ3) is 6.99. The minimum atomic E-state index is -0.130. The quantitative estimate of drug-likeness (QED) is 0.209. The maximum atomic E-state index is 10.8. The Hall–Kier alpha value is -2.70. The summed E-state index contributed by atoms with van der Waals surface area (Å²) in [4.78, 5) is 3.89. The predicted octanol–water partition coefficient (Wildman–Crippen LogP) is 11.6. The van der Waals surface area contributed by atoms with Crippen molar-refractivity contribution in [3.63, 3.8) is 0 Å². The van der Waals surface area contributed by atoms with Gasteiger partial charge in [-0.25, -0.2) is 4.98 Å². The van der Waals surface area contributed by atoms with Gasteiger partial charge in [-0.2, -0.15) is 5.11 Å². The molecule has 7 unspecified atom stereocenters. The van der Waals surface area contributed by atoms with Gasteiger partial charge in [0.05, 0.1) is 11.8 Å². The first-order valence-electron chi connectivity index (χ1n) is 18.2. The van der Waals surface area contributed by atoms with Gasteiger partial charge in [-0.15, -0.1) is 17.5 Å². The molecule has 1 aromatic carbocycles. The SMILES string of the molecule is CC(C)=CCCC(C)C1CCC2(C)C3=C(CCC12C)C1(C)CCC(O)C(C)(C)C1CC3.Cl.Nc1ccc(N=Nc2ccccc2)c(N)n1. The van der Waals surface area contributed by atoms with Crippen LogP contribution in [0.15, 0.2) is 75.5 Å². The lowest BCUT2D eigenvalue weighted by Crippen LogP contribution is -2.55. The van der Waals surface area contributed by atoms with E-state index in [1.54, 1.807) is 12.1 Å². The van der Waals surface area contributed by atoms with E-state index in [9.17, 15) is 5.11 Å². The van der Waals surface area contributed by atoms with Crippen molar-refractivity contribution in [1.29, 1.82) is 0 Å². The van der Waals surface area contributed by atoms with Crippen LogP contribution in [-0.4, -0.2) is 16.2 Å². The number of nitrogens with two attached hydrogens (primary N) is 2. The highest BCUT2D eigenvalue weighted by atomic mass is 35.5. The molecule has 6 nitrogen and oxygen atoms in total. The smallest absolute Gasteiger partial charge is 0.153 e. The molecular weight excluding hydrogens is 614 g/mol. The second-order valence-corrected chi connectivity index (χ2v) is 16.7. The number of rotatable bonds is 6. The van der Waals surface area contributed by atoms with Crippen LogP contribution in [0.2, 0.25) is 0 Å². The molecule has 0 amide bonds. The van der Waals surface area contributed by atoms with Crippen molar-refractivity contribution in [2.75, 3.05) is 11.5 Å². The van der Waals surface area contributed by atoms with E-state index in [2.05, 4.69) is 76.7 Å². The fourth-order valence-electron chi connectivity index (χ4n) is 10.6. The van der Waals surface area contributed by atoms with Gasteiger partial charge in [-0.1, -0.05) is 82.5 Å². The van der Waals surface area contributed by atoms with E-state index >= 15 is 0 Å². The van der Waals surface area contributed by atoms with Gasteiger partial charge in [0.1, 0.15) is 11.5 Å². The third-order valence-electron chi connectivity index (χ3n) is 13.6. The minimum absolute atomic E-state index is 0. The van der Waals surface area contributed by atoms with E-state index in [0.717, 1.165) is 23.9 Å². The van der Waals surface area contributed by atoms with Crippen LogP contribution in [0.25, 0.3) is 0 Å².